The van der Waals surface area contributed by atoms with Gasteiger partial charge in [0, 0.05) is 11.1 Å². The quantitative estimate of drug-likeness (QED) is 0.270. The zero-order chi connectivity index (χ0) is 22.3. The number of nitrogens with zero attached hydrogens (tertiary/aromatic N) is 1. The van der Waals surface area contributed by atoms with Crippen LogP contribution < -0.4 is 14.2 Å². The number of aliphatic imine (C=N–C) groups is 1. The van der Waals surface area contributed by atoms with E-state index in [4.69, 9.17) is 30.5 Å². The fraction of sp³-hybridized carbons (Fsp3) is 0.120. The molecule has 1 heterocycles. The molecule has 0 spiro atoms. The highest BCUT2D eigenvalue weighted by Crippen LogP contribution is 2.29. The molecule has 6 nitrogen and oxygen atoms in total. The van der Waals surface area contributed by atoms with Crippen LogP contribution in [0, 0.1) is 0 Å². The first-order valence-electron chi connectivity index (χ1n) is 9.90. The number of hydrogen-bond acceptors (Lipinski definition) is 6. The lowest BCUT2D eigenvalue weighted by atomic mass is 10.1. The van der Waals surface area contributed by atoms with Crippen LogP contribution in [0.5, 0.6) is 17.2 Å². The molecule has 0 unspecified atom stereocenters. The molecule has 4 rings (SSSR count). The van der Waals surface area contributed by atoms with Gasteiger partial charge in [-0.25, -0.2) is 9.79 Å². The summed E-state index contributed by atoms with van der Waals surface area (Å²) >= 11 is 6.10. The van der Waals surface area contributed by atoms with Crippen molar-refractivity contribution in [2.45, 2.75) is 0 Å². The fourth-order valence-electron chi connectivity index (χ4n) is 3.02. The normalized spacial score (nSPS) is 14.1. The summed E-state index contributed by atoms with van der Waals surface area (Å²) in [7, 11) is 1.57. The van der Waals surface area contributed by atoms with Crippen LogP contribution in [0.15, 0.2) is 83.5 Å². The Hall–Kier alpha value is -3.77. The molecule has 0 amide bonds. The predicted octanol–water partition coefficient (Wildman–Crippen LogP) is 5.15. The summed E-state index contributed by atoms with van der Waals surface area (Å²) in [6, 6.07) is 21.8. The molecular weight excluding hydrogens is 430 g/mol. The molecule has 0 aromatic heterocycles. The number of cyclic esters (lactones) is 1. The SMILES string of the molecule is COc1ccc(OCCOc2ccccc2Cl)c(C=C2N=C(c3ccccc3)OC2=O)c1. The molecule has 1 aliphatic rings. The number of methoxy groups -OCH3 is 1. The van der Waals surface area contributed by atoms with Crippen molar-refractivity contribution in [2.75, 3.05) is 20.3 Å². The zero-order valence-electron chi connectivity index (χ0n) is 17.3. The first-order valence-corrected chi connectivity index (χ1v) is 10.3. The highest BCUT2D eigenvalue weighted by atomic mass is 35.5. The maximum Gasteiger partial charge on any atom is 0.363 e. The highest BCUT2D eigenvalue weighted by Gasteiger charge is 2.24. The molecule has 0 fully saturated rings. The van der Waals surface area contributed by atoms with Crippen LogP contribution in [0.2, 0.25) is 5.02 Å². The van der Waals surface area contributed by atoms with Gasteiger partial charge in [0.1, 0.15) is 30.5 Å². The topological polar surface area (TPSA) is 66.3 Å². The number of para-hydroxylation sites is 1. The van der Waals surface area contributed by atoms with Gasteiger partial charge in [0.05, 0.1) is 12.1 Å². The van der Waals surface area contributed by atoms with Gasteiger partial charge in [0.25, 0.3) is 0 Å². The second kappa shape index (κ2) is 10.0. The van der Waals surface area contributed by atoms with Gasteiger partial charge >= 0.3 is 5.97 Å². The van der Waals surface area contributed by atoms with Crippen molar-refractivity contribution in [3.8, 4) is 17.2 Å². The van der Waals surface area contributed by atoms with Gasteiger partial charge in [0.15, 0.2) is 5.70 Å². The second-order valence-electron chi connectivity index (χ2n) is 6.73. The van der Waals surface area contributed by atoms with Crippen molar-refractivity contribution in [1.82, 2.24) is 0 Å². The van der Waals surface area contributed by atoms with E-state index in [1.165, 1.54) is 0 Å². The summed E-state index contributed by atoms with van der Waals surface area (Å²) < 4.78 is 22.2. The average Bonchev–Trinajstić information content (AvgIpc) is 3.19. The molecule has 7 heteroatoms. The third kappa shape index (κ3) is 5.10. The van der Waals surface area contributed by atoms with Crippen LogP contribution in [-0.2, 0) is 9.53 Å². The van der Waals surface area contributed by atoms with E-state index < -0.39 is 5.97 Å². The molecular formula is C25H20ClNO5. The Morgan fingerprint density at radius 1 is 0.938 bits per heavy atom. The van der Waals surface area contributed by atoms with Crippen LogP contribution in [0.4, 0.5) is 0 Å². The average molecular weight is 450 g/mol. The summed E-state index contributed by atoms with van der Waals surface area (Å²) in [6.07, 6.45) is 1.62. The Balaban J connectivity index is 1.51. The van der Waals surface area contributed by atoms with Gasteiger partial charge in [-0.2, -0.15) is 0 Å². The standard InChI is InChI=1S/C25H20ClNO5/c1-29-19-11-12-22(30-13-14-31-23-10-6-5-9-20(23)26)18(15-19)16-21-25(28)32-24(27-21)17-7-3-2-4-8-17/h2-12,15-16H,13-14H2,1H3. The number of halogens is 1. The van der Waals surface area contributed by atoms with E-state index >= 15 is 0 Å². The smallest absolute Gasteiger partial charge is 0.363 e. The number of carbonyl (C=O) groups excluding carboxylic acids is 1. The minimum Gasteiger partial charge on any atom is -0.497 e. The van der Waals surface area contributed by atoms with Crippen molar-refractivity contribution in [1.29, 1.82) is 0 Å². The summed E-state index contributed by atoms with van der Waals surface area (Å²) in [5.41, 5.74) is 1.53. The summed E-state index contributed by atoms with van der Waals surface area (Å²) in [4.78, 5) is 16.7. The van der Waals surface area contributed by atoms with Gasteiger partial charge in [-0.1, -0.05) is 41.9 Å². The van der Waals surface area contributed by atoms with E-state index in [0.29, 0.717) is 34.4 Å². The van der Waals surface area contributed by atoms with Crippen LogP contribution in [-0.4, -0.2) is 32.2 Å². The van der Waals surface area contributed by atoms with Crippen molar-refractivity contribution >= 4 is 29.5 Å². The van der Waals surface area contributed by atoms with E-state index in [2.05, 4.69) is 4.99 Å². The van der Waals surface area contributed by atoms with Crippen molar-refractivity contribution in [3.05, 3.63) is 94.6 Å². The molecule has 0 N–H and O–H groups in total. The van der Waals surface area contributed by atoms with E-state index in [9.17, 15) is 4.79 Å². The molecule has 0 aliphatic carbocycles. The van der Waals surface area contributed by atoms with E-state index in [1.807, 2.05) is 42.5 Å². The van der Waals surface area contributed by atoms with Gasteiger partial charge < -0.3 is 18.9 Å². The number of hydrogen-bond donors (Lipinski definition) is 0. The van der Waals surface area contributed by atoms with Crippen LogP contribution in [0.1, 0.15) is 11.1 Å². The van der Waals surface area contributed by atoms with Gasteiger partial charge in [-0.15, -0.1) is 0 Å². The monoisotopic (exact) mass is 449 g/mol. The molecule has 0 saturated heterocycles. The van der Waals surface area contributed by atoms with Gasteiger partial charge in [-0.05, 0) is 48.5 Å². The Labute approximate surface area is 190 Å². The molecule has 162 valence electrons. The molecule has 32 heavy (non-hydrogen) atoms. The predicted molar refractivity (Wildman–Crippen MR) is 122 cm³/mol. The number of rotatable bonds is 8. The number of carbonyl (C=O) groups is 1. The first kappa shape index (κ1) is 21.5. The zero-order valence-corrected chi connectivity index (χ0v) is 18.0. The Morgan fingerprint density at radius 2 is 1.66 bits per heavy atom. The summed E-state index contributed by atoms with van der Waals surface area (Å²) in [5, 5.41) is 0.536. The lowest BCUT2D eigenvalue weighted by Gasteiger charge is -2.12. The number of esters is 1. The van der Waals surface area contributed by atoms with Crippen molar-refractivity contribution in [3.63, 3.8) is 0 Å². The largest absolute Gasteiger partial charge is 0.497 e. The van der Waals surface area contributed by atoms with E-state index in [-0.39, 0.29) is 18.2 Å². The van der Waals surface area contributed by atoms with Gasteiger partial charge in [-0.3, -0.25) is 0 Å². The number of ether oxygens (including phenoxy) is 4. The Bertz CT molecular complexity index is 1170. The number of benzene rings is 3. The molecule has 0 atom stereocenters. The van der Waals surface area contributed by atoms with Crippen LogP contribution in [0.3, 0.4) is 0 Å². The van der Waals surface area contributed by atoms with Crippen molar-refractivity contribution in [2.24, 2.45) is 4.99 Å². The third-order valence-electron chi connectivity index (χ3n) is 4.59. The Kier molecular flexibility index (Phi) is 6.72. The lowest BCUT2D eigenvalue weighted by molar-refractivity contribution is -0.129. The summed E-state index contributed by atoms with van der Waals surface area (Å²) in [5.74, 6) is 1.50. The van der Waals surface area contributed by atoms with E-state index in [1.54, 1.807) is 43.5 Å². The Morgan fingerprint density at radius 3 is 2.41 bits per heavy atom. The third-order valence-corrected chi connectivity index (χ3v) is 4.90. The molecule has 0 radical (unpaired) electrons. The minimum atomic E-state index is -0.528. The summed E-state index contributed by atoms with van der Waals surface area (Å²) in [6.45, 7) is 0.570. The maximum atomic E-state index is 12.4. The molecule has 0 bridgehead atoms. The molecule has 1 aliphatic heterocycles. The fourth-order valence-corrected chi connectivity index (χ4v) is 3.21. The maximum absolute atomic E-state index is 12.4. The van der Waals surface area contributed by atoms with Crippen molar-refractivity contribution < 1.29 is 23.7 Å². The molecule has 0 saturated carbocycles. The van der Waals surface area contributed by atoms with Gasteiger partial charge in [0.2, 0.25) is 5.90 Å². The molecule has 3 aromatic rings. The molecule has 3 aromatic carbocycles. The van der Waals surface area contributed by atoms with Crippen LogP contribution in [0.25, 0.3) is 6.08 Å². The van der Waals surface area contributed by atoms with E-state index in [0.717, 1.165) is 5.56 Å². The van der Waals surface area contributed by atoms with Crippen LogP contribution >= 0.6 is 11.6 Å². The second-order valence-corrected chi connectivity index (χ2v) is 7.14. The first-order chi connectivity index (χ1) is 15.6. The highest BCUT2D eigenvalue weighted by molar-refractivity contribution is 6.32. The lowest BCUT2D eigenvalue weighted by Crippen LogP contribution is -2.10. The minimum absolute atomic E-state index is 0.175.